The Balaban J connectivity index is 2.16. The van der Waals surface area contributed by atoms with Crippen LogP contribution in [0.5, 0.6) is 0 Å². The molecule has 4 heteroatoms. The van der Waals surface area contributed by atoms with Crippen LogP contribution in [0.25, 0.3) is 0 Å². The average Bonchev–Trinajstić information content (AvgIpc) is 2.85. The maximum Gasteiger partial charge on any atom is 0.259 e. The minimum Gasteiger partial charge on any atom is -0.452 e. The Kier molecular flexibility index (Phi) is 4.63. The summed E-state index contributed by atoms with van der Waals surface area (Å²) in [5, 5.41) is 0.152. The van der Waals surface area contributed by atoms with Crippen molar-refractivity contribution < 1.29 is 9.21 Å². The van der Waals surface area contributed by atoms with Gasteiger partial charge in [-0.3, -0.25) is 4.79 Å². The third kappa shape index (κ3) is 3.38. The predicted molar refractivity (Wildman–Crippen MR) is 75.2 cm³/mol. The van der Waals surface area contributed by atoms with E-state index in [-0.39, 0.29) is 11.1 Å². The van der Waals surface area contributed by atoms with Gasteiger partial charge in [-0.2, -0.15) is 0 Å². The van der Waals surface area contributed by atoms with Gasteiger partial charge in [0.05, 0.1) is 11.8 Å². The predicted octanol–water partition coefficient (Wildman–Crippen LogP) is 3.99. The van der Waals surface area contributed by atoms with Gasteiger partial charge in [-0.1, -0.05) is 37.3 Å². The van der Waals surface area contributed by atoms with Crippen molar-refractivity contribution in [1.82, 2.24) is 4.90 Å². The van der Waals surface area contributed by atoms with Gasteiger partial charge in [-0.05, 0) is 29.7 Å². The van der Waals surface area contributed by atoms with Gasteiger partial charge < -0.3 is 9.32 Å². The molecule has 0 N–H and O–H groups in total. The quantitative estimate of drug-likeness (QED) is 0.828. The zero-order valence-corrected chi connectivity index (χ0v) is 11.6. The van der Waals surface area contributed by atoms with Crippen LogP contribution in [-0.4, -0.2) is 17.4 Å². The molecule has 0 saturated heterocycles. The standard InChI is InChI=1S/C15H16ClNO2/c1-2-9-17(11-12-6-4-3-5-7-12)15(18)13-8-10-19-14(13)16/h3-8,10H,2,9,11H2,1H3. The lowest BCUT2D eigenvalue weighted by Gasteiger charge is -2.21. The Morgan fingerprint density at radius 2 is 2.00 bits per heavy atom. The molecule has 0 aliphatic heterocycles. The molecule has 0 radical (unpaired) electrons. The van der Waals surface area contributed by atoms with Crippen LogP contribution >= 0.6 is 11.6 Å². The molecule has 0 aliphatic rings. The fraction of sp³-hybridized carbons (Fsp3) is 0.267. The van der Waals surface area contributed by atoms with E-state index in [2.05, 4.69) is 0 Å². The van der Waals surface area contributed by atoms with Gasteiger partial charge in [0.15, 0.2) is 0 Å². The number of carbonyl (C=O) groups is 1. The number of hydrogen-bond donors (Lipinski definition) is 0. The summed E-state index contributed by atoms with van der Waals surface area (Å²) in [4.78, 5) is 14.2. The highest BCUT2D eigenvalue weighted by molar-refractivity contribution is 6.32. The number of hydrogen-bond acceptors (Lipinski definition) is 2. The minimum absolute atomic E-state index is 0.0931. The smallest absolute Gasteiger partial charge is 0.259 e. The zero-order chi connectivity index (χ0) is 13.7. The molecule has 19 heavy (non-hydrogen) atoms. The van der Waals surface area contributed by atoms with Crippen molar-refractivity contribution in [3.8, 4) is 0 Å². The Hall–Kier alpha value is -1.74. The number of amides is 1. The van der Waals surface area contributed by atoms with Crippen molar-refractivity contribution in [1.29, 1.82) is 0 Å². The highest BCUT2D eigenvalue weighted by Gasteiger charge is 2.19. The average molecular weight is 278 g/mol. The molecule has 1 aromatic heterocycles. The van der Waals surface area contributed by atoms with E-state index in [0.29, 0.717) is 18.7 Å². The van der Waals surface area contributed by atoms with Gasteiger partial charge in [0.1, 0.15) is 0 Å². The molecule has 0 unspecified atom stereocenters. The van der Waals surface area contributed by atoms with Crippen molar-refractivity contribution in [3.63, 3.8) is 0 Å². The van der Waals surface area contributed by atoms with Crippen molar-refractivity contribution in [2.45, 2.75) is 19.9 Å². The molecule has 2 aromatic rings. The van der Waals surface area contributed by atoms with Crippen molar-refractivity contribution in [2.24, 2.45) is 0 Å². The molecule has 0 atom stereocenters. The van der Waals surface area contributed by atoms with Gasteiger partial charge in [0, 0.05) is 13.1 Å². The molecule has 2 rings (SSSR count). The highest BCUT2D eigenvalue weighted by atomic mass is 35.5. The van der Waals surface area contributed by atoms with Crippen LogP contribution in [0.3, 0.4) is 0 Å². The second-order valence-corrected chi connectivity index (χ2v) is 4.66. The Bertz CT molecular complexity index is 536. The molecule has 1 aromatic carbocycles. The van der Waals surface area contributed by atoms with E-state index < -0.39 is 0 Å². The first kappa shape index (κ1) is 13.7. The second-order valence-electron chi connectivity index (χ2n) is 4.32. The molecule has 1 heterocycles. The lowest BCUT2D eigenvalue weighted by atomic mass is 10.2. The topological polar surface area (TPSA) is 33.5 Å². The molecule has 0 fully saturated rings. The first-order valence-corrected chi connectivity index (χ1v) is 6.66. The lowest BCUT2D eigenvalue weighted by molar-refractivity contribution is 0.0742. The number of nitrogens with zero attached hydrogens (tertiary/aromatic N) is 1. The first-order chi connectivity index (χ1) is 9.22. The number of furan rings is 1. The molecule has 1 amide bonds. The largest absolute Gasteiger partial charge is 0.452 e. The summed E-state index contributed by atoms with van der Waals surface area (Å²) in [6, 6.07) is 11.5. The third-order valence-electron chi connectivity index (χ3n) is 2.85. The minimum atomic E-state index is -0.0931. The SMILES string of the molecule is CCCN(Cc1ccccc1)C(=O)c1ccoc1Cl. The molecule has 0 aliphatic carbocycles. The van der Waals surface area contributed by atoms with Crippen LogP contribution in [0.15, 0.2) is 47.1 Å². The van der Waals surface area contributed by atoms with E-state index in [1.165, 1.54) is 6.26 Å². The van der Waals surface area contributed by atoms with Gasteiger partial charge in [0.25, 0.3) is 5.91 Å². The highest BCUT2D eigenvalue weighted by Crippen LogP contribution is 2.20. The van der Waals surface area contributed by atoms with E-state index >= 15 is 0 Å². The summed E-state index contributed by atoms with van der Waals surface area (Å²) in [6.07, 6.45) is 2.33. The van der Waals surface area contributed by atoms with Crippen LogP contribution in [0.1, 0.15) is 29.3 Å². The van der Waals surface area contributed by atoms with E-state index in [9.17, 15) is 4.79 Å². The molecular formula is C15H16ClNO2. The number of rotatable bonds is 5. The number of carbonyl (C=O) groups excluding carboxylic acids is 1. The fourth-order valence-electron chi connectivity index (χ4n) is 1.94. The lowest BCUT2D eigenvalue weighted by Crippen LogP contribution is -2.31. The fourth-order valence-corrected chi connectivity index (χ4v) is 2.14. The van der Waals surface area contributed by atoms with Gasteiger partial charge in [-0.15, -0.1) is 0 Å². The van der Waals surface area contributed by atoms with Crippen molar-refractivity contribution in [2.75, 3.05) is 6.54 Å². The monoisotopic (exact) mass is 277 g/mol. The van der Waals surface area contributed by atoms with Gasteiger partial charge in [-0.25, -0.2) is 0 Å². The second kappa shape index (κ2) is 6.43. The Morgan fingerprint density at radius 3 is 2.58 bits per heavy atom. The first-order valence-electron chi connectivity index (χ1n) is 6.28. The Labute approximate surface area is 117 Å². The summed E-state index contributed by atoms with van der Waals surface area (Å²) >= 11 is 5.87. The zero-order valence-electron chi connectivity index (χ0n) is 10.8. The Morgan fingerprint density at radius 1 is 1.26 bits per heavy atom. The molecule has 0 bridgehead atoms. The molecule has 100 valence electrons. The van der Waals surface area contributed by atoms with Gasteiger partial charge in [0.2, 0.25) is 5.22 Å². The van der Waals surface area contributed by atoms with Crippen LogP contribution in [-0.2, 0) is 6.54 Å². The summed E-state index contributed by atoms with van der Waals surface area (Å²) in [5.74, 6) is -0.0931. The summed E-state index contributed by atoms with van der Waals surface area (Å²) in [5.41, 5.74) is 1.52. The van der Waals surface area contributed by atoms with Gasteiger partial charge >= 0.3 is 0 Å². The van der Waals surface area contributed by atoms with E-state index in [1.807, 2.05) is 37.3 Å². The maximum absolute atomic E-state index is 12.4. The molecule has 3 nitrogen and oxygen atoms in total. The molecule has 0 saturated carbocycles. The number of halogens is 1. The van der Waals surface area contributed by atoms with E-state index in [0.717, 1.165) is 12.0 Å². The van der Waals surface area contributed by atoms with Crippen molar-refractivity contribution in [3.05, 3.63) is 59.0 Å². The van der Waals surface area contributed by atoms with Crippen LogP contribution in [0, 0.1) is 0 Å². The summed E-state index contributed by atoms with van der Waals surface area (Å²) in [6.45, 7) is 3.31. The van der Waals surface area contributed by atoms with Crippen LogP contribution in [0.4, 0.5) is 0 Å². The summed E-state index contributed by atoms with van der Waals surface area (Å²) < 4.78 is 4.98. The number of benzene rings is 1. The molecule has 0 spiro atoms. The molecular weight excluding hydrogens is 262 g/mol. The third-order valence-corrected chi connectivity index (χ3v) is 3.14. The van der Waals surface area contributed by atoms with Crippen LogP contribution < -0.4 is 0 Å². The van der Waals surface area contributed by atoms with Crippen molar-refractivity contribution >= 4 is 17.5 Å². The van der Waals surface area contributed by atoms with Crippen LogP contribution in [0.2, 0.25) is 5.22 Å². The maximum atomic E-state index is 12.4. The summed E-state index contributed by atoms with van der Waals surface area (Å²) in [7, 11) is 0. The van der Waals surface area contributed by atoms with E-state index in [1.54, 1.807) is 11.0 Å². The van der Waals surface area contributed by atoms with E-state index in [4.69, 9.17) is 16.0 Å². The normalized spacial score (nSPS) is 10.4.